The molecule has 0 aliphatic carbocycles. The Morgan fingerprint density at radius 3 is 0.923 bits per heavy atom. The van der Waals surface area contributed by atoms with Crippen molar-refractivity contribution in [1.29, 1.82) is 0 Å². The van der Waals surface area contributed by atoms with E-state index in [-0.39, 0.29) is 108 Å². The lowest BCUT2D eigenvalue weighted by molar-refractivity contribution is 0.0644. The lowest BCUT2D eigenvalue weighted by atomic mass is 9.77. The topological polar surface area (TPSA) is 320 Å². The van der Waals surface area contributed by atoms with Crippen LogP contribution in [0.5, 0.6) is 69.0 Å². The Hall–Kier alpha value is -16.6. The van der Waals surface area contributed by atoms with Gasteiger partial charge in [0.05, 0.1) is 78.1 Å². The Labute approximate surface area is 827 Å². The molecule has 12 aromatic carbocycles. The van der Waals surface area contributed by atoms with Gasteiger partial charge in [-0.25, -0.2) is 9.80 Å². The number of unbranched alkanes of at least 4 members (excludes halogenated alkanes) is 1. The molecule has 0 saturated carbocycles. The number of aryl methyl sites for hydroxylation is 2. The van der Waals surface area contributed by atoms with Gasteiger partial charge in [0.25, 0.3) is 70.9 Å². The van der Waals surface area contributed by atoms with E-state index in [1.54, 1.807) is 104 Å². The summed E-state index contributed by atoms with van der Waals surface area (Å²) in [6.07, 6.45) is 3.06. The number of nitrogens with zero attached hydrogens (tertiary/aromatic N) is 6. The van der Waals surface area contributed by atoms with Crippen molar-refractivity contribution in [2.45, 2.75) is 117 Å². The highest BCUT2D eigenvalue weighted by atomic mass is 28.4. The fourth-order valence-corrected chi connectivity index (χ4v) is 26.2. The van der Waals surface area contributed by atoms with Crippen molar-refractivity contribution < 1.29 is 95.5 Å². The maximum Gasteiger partial charge on any atom is 0.266 e. The number of rotatable bonds is 25. The number of amides is 12. The molecule has 0 radical (unpaired) electrons. The fraction of sp³-hybridized carbons (Fsp3) is 0.193. The zero-order valence-corrected chi connectivity index (χ0v) is 83.9. The molecule has 28 heteroatoms. The minimum atomic E-state index is -1.91. The van der Waals surface area contributed by atoms with Crippen LogP contribution in [0, 0.1) is 13.8 Å². The summed E-state index contributed by atoms with van der Waals surface area (Å²) >= 11 is 0. The van der Waals surface area contributed by atoms with Gasteiger partial charge in [-0.05, 0) is 274 Å². The molecule has 18 rings (SSSR count). The Bertz CT molecular complexity index is 7000. The highest BCUT2D eigenvalue weighted by Gasteiger charge is 2.44. The highest BCUT2D eigenvalue weighted by molar-refractivity contribution is 6.84. The van der Waals surface area contributed by atoms with E-state index in [4.69, 9.17) is 27.8 Å². The molecule has 726 valence electrons. The van der Waals surface area contributed by atoms with Gasteiger partial charge in [-0.15, -0.1) is 52.6 Å². The zero-order valence-electron chi connectivity index (χ0n) is 81.9. The smallest absolute Gasteiger partial charge is 0.266 e. The van der Waals surface area contributed by atoms with Gasteiger partial charge in [0.1, 0.15) is 69.0 Å². The molecule has 0 bridgehead atoms. The maximum atomic E-state index is 13.6. The lowest BCUT2D eigenvalue weighted by Crippen LogP contribution is -2.44. The predicted molar refractivity (Wildman–Crippen MR) is 552 cm³/mol. The number of carbonyl (C=O) groups excluding carboxylic acids is 12. The van der Waals surface area contributed by atoms with Crippen LogP contribution in [0.4, 0.5) is 11.4 Å². The number of imide groups is 6. The lowest BCUT2D eigenvalue weighted by Gasteiger charge is -2.34. The van der Waals surface area contributed by atoms with Crippen LogP contribution < -0.4 is 33.5 Å². The van der Waals surface area contributed by atoms with E-state index in [9.17, 15) is 67.7 Å². The SMILES string of the molecule is C=C.C=C.C=C.C=C.CCCC[Si](C)(C)O[Si](C)(C)CCCN1C(=O)c2ccc(Oc3ccc4c(c3)C(=O)N(C)C4=O)cc2C1=O.Cc1cc(C(C)(C)c2ccc(O)c(N3C(=O)c4ccc(Oc5ccc6c(c5)C(=O)N(C)C6=O)cc4C3=O)c2)ccc1O.Cc1ccc(Oc2ccc(C(C)(C)c3ccc(Oc4ccc(N5C(=O)c6ccc(Oc7ccc8c(c7)C(=O)N(C)C8=O)cc6C5=O)cc4)cc3)cc2)cc1. The number of benzene rings is 12. The van der Waals surface area contributed by atoms with E-state index in [1.807, 2.05) is 93.6 Å². The van der Waals surface area contributed by atoms with Gasteiger partial charge in [0.15, 0.2) is 16.6 Å². The molecule has 12 amide bonds. The van der Waals surface area contributed by atoms with Crippen molar-refractivity contribution in [2.24, 2.45) is 0 Å². The average molecular weight is 1940 g/mol. The number of phenols is 2. The number of hydrogen-bond acceptors (Lipinski definition) is 20. The zero-order chi connectivity index (χ0) is 104. The highest BCUT2D eigenvalue weighted by Crippen LogP contribution is 2.45. The summed E-state index contributed by atoms with van der Waals surface area (Å²) in [5.41, 5.74) is 8.42. The summed E-state index contributed by atoms with van der Waals surface area (Å²) in [4.78, 5) is 160. The van der Waals surface area contributed by atoms with Crippen molar-refractivity contribution >= 4 is 98.9 Å². The first-order chi connectivity index (χ1) is 67.7. The molecule has 26 nitrogen and oxygen atoms in total. The van der Waals surface area contributed by atoms with Gasteiger partial charge >= 0.3 is 0 Å². The molecule has 6 aliphatic heterocycles. The summed E-state index contributed by atoms with van der Waals surface area (Å²) in [5, 5.41) is 20.7. The van der Waals surface area contributed by atoms with Crippen LogP contribution in [0.3, 0.4) is 0 Å². The minimum Gasteiger partial charge on any atom is -0.508 e. The van der Waals surface area contributed by atoms with E-state index in [0.29, 0.717) is 81.0 Å². The molecule has 142 heavy (non-hydrogen) atoms. The molecule has 0 unspecified atom stereocenters. The van der Waals surface area contributed by atoms with E-state index in [2.05, 4.69) is 112 Å². The first kappa shape index (κ1) is 104. The molecule has 6 aliphatic rings. The maximum absolute atomic E-state index is 13.6. The number of carbonyl (C=O) groups is 12. The summed E-state index contributed by atoms with van der Waals surface area (Å²) in [5.74, 6) is -0.499. The number of anilines is 2. The first-order valence-corrected chi connectivity index (χ1v) is 52.0. The third kappa shape index (κ3) is 21.5. The monoisotopic (exact) mass is 1940 g/mol. The van der Waals surface area contributed by atoms with Gasteiger partial charge in [-0.1, -0.05) is 108 Å². The second-order valence-corrected chi connectivity index (χ2v) is 44.9. The number of aromatic hydroxyl groups is 2. The summed E-state index contributed by atoms with van der Waals surface area (Å²) < 4.78 is 36.5. The number of ether oxygens (including phenoxy) is 5. The van der Waals surface area contributed by atoms with Crippen LogP contribution in [0.1, 0.15) is 212 Å². The van der Waals surface area contributed by atoms with Crippen LogP contribution in [0.2, 0.25) is 38.3 Å². The quantitative estimate of drug-likeness (QED) is 0.0305. The third-order valence-electron chi connectivity index (χ3n) is 25.0. The van der Waals surface area contributed by atoms with Gasteiger partial charge in [-0.3, -0.25) is 77.1 Å². The molecule has 0 spiro atoms. The van der Waals surface area contributed by atoms with E-state index in [0.717, 1.165) is 70.3 Å². The number of phenolic OH excluding ortho intramolecular Hbond substituents is 2. The van der Waals surface area contributed by atoms with Crippen molar-refractivity contribution in [3.63, 3.8) is 0 Å². The molecule has 0 saturated heterocycles. The molecule has 6 heterocycles. The van der Waals surface area contributed by atoms with E-state index < -0.39 is 63.4 Å². The Kier molecular flexibility index (Phi) is 31.8. The van der Waals surface area contributed by atoms with Crippen LogP contribution in [-0.2, 0) is 14.9 Å². The molecule has 0 fully saturated rings. The summed E-state index contributed by atoms with van der Waals surface area (Å²) in [6, 6.07) is 70.6. The third-order valence-corrected chi connectivity index (χ3v) is 32.5. The molecular weight excluding hydrogens is 1830 g/mol. The van der Waals surface area contributed by atoms with Crippen molar-refractivity contribution in [3.8, 4) is 69.0 Å². The Balaban J connectivity index is 0.000000187. The van der Waals surface area contributed by atoms with Crippen molar-refractivity contribution in [1.82, 2.24) is 19.6 Å². The van der Waals surface area contributed by atoms with Crippen LogP contribution in [0.25, 0.3) is 0 Å². The Morgan fingerprint density at radius 2 is 0.549 bits per heavy atom. The largest absolute Gasteiger partial charge is 0.508 e. The molecule has 0 atom stereocenters. The van der Waals surface area contributed by atoms with Crippen LogP contribution in [0.15, 0.2) is 295 Å². The molecule has 0 aromatic heterocycles. The van der Waals surface area contributed by atoms with Crippen molar-refractivity contribution in [2.75, 3.05) is 37.5 Å². The first-order valence-electron chi connectivity index (χ1n) is 45.7. The van der Waals surface area contributed by atoms with Gasteiger partial charge in [0, 0.05) is 38.5 Å². The normalized spacial score (nSPS) is 13.7. The van der Waals surface area contributed by atoms with Crippen LogP contribution in [-0.4, -0.2) is 145 Å². The van der Waals surface area contributed by atoms with E-state index >= 15 is 0 Å². The second kappa shape index (κ2) is 43.2. The summed E-state index contributed by atoms with van der Waals surface area (Å²) in [6.45, 7) is 47.7. The predicted octanol–water partition coefficient (Wildman–Crippen LogP) is 24.4. The van der Waals surface area contributed by atoms with Crippen LogP contribution >= 0.6 is 0 Å². The van der Waals surface area contributed by atoms with Gasteiger partial charge in [0.2, 0.25) is 0 Å². The van der Waals surface area contributed by atoms with Gasteiger partial charge < -0.3 is 38.0 Å². The fourth-order valence-electron chi connectivity index (χ4n) is 17.2. The molecular formula is C114H112N6O20Si2. The van der Waals surface area contributed by atoms with E-state index in [1.165, 1.54) is 105 Å². The second-order valence-electron chi connectivity index (χ2n) is 36.1. The number of fused-ring (bicyclic) bond motifs is 6. The molecule has 2 N–H and O–H groups in total. The Morgan fingerprint density at radius 1 is 0.289 bits per heavy atom. The van der Waals surface area contributed by atoms with Gasteiger partial charge in [-0.2, -0.15) is 0 Å². The molecule has 12 aromatic rings. The number of hydrogen-bond donors (Lipinski definition) is 2. The minimum absolute atomic E-state index is 0.0515. The standard InChI is InChI=1S/C45H34N2O7.C33H26N2O7.C28H36N2O6Si2.4C2H4/c1-27-5-13-31(14-6-27)52-32-15-7-28(8-16-32)45(2,3)29-9-17-33(18-10-29)53-34-19-11-30(12-20-34)47-43(50)38-24-22-36(26-40(38)44(47)51)54-35-21-23-37-39(25-35)42(49)46(4)41(37)48;1-17-13-18(5-11-27(17)36)33(2,3)19-6-12-28(37)26(14-19)35-31(40)23-10-8-21(16-25(23)32(35)41)42-20-7-9-22-24(15-20)30(39)34(4)29(22)38;1-7-8-15-37(3,4)36-38(5,6)16-9-14-30-27(33)22-13-11-20(18-24(22)28(30)34)35-19-10-12-21-23(17-19)26(32)29(2)25(21)31;4*1-2/h5-26H,1-4H3;5-16,36-37H,1-4H3;10-13,17-18H,7-9,14-16H2,1-6H3;4*1-2H2. The van der Waals surface area contributed by atoms with Crippen molar-refractivity contribution in [3.05, 3.63) is 395 Å². The summed E-state index contributed by atoms with van der Waals surface area (Å²) in [7, 11) is 0.639. The average Bonchev–Trinajstić information content (AvgIpc) is 1.59.